The zero-order valence-corrected chi connectivity index (χ0v) is 10.6. The summed E-state index contributed by atoms with van der Waals surface area (Å²) in [7, 11) is 0. The maximum Gasteiger partial charge on any atom is 0.254 e. The largest absolute Gasteiger partial charge is 0.504 e. The second-order valence-corrected chi connectivity index (χ2v) is 4.90. The molecular weight excluding hydrogens is 230 g/mol. The minimum absolute atomic E-state index is 0.0697. The van der Waals surface area contributed by atoms with Crippen LogP contribution in [0.2, 0.25) is 0 Å². The van der Waals surface area contributed by atoms with Crippen LogP contribution in [0.1, 0.15) is 43.0 Å². The number of carbonyl (C=O) groups is 1. The van der Waals surface area contributed by atoms with Gasteiger partial charge in [-0.05, 0) is 38.0 Å². The third-order valence-corrected chi connectivity index (χ3v) is 3.54. The van der Waals surface area contributed by atoms with E-state index in [0.29, 0.717) is 5.56 Å². The Labute approximate surface area is 107 Å². The fourth-order valence-corrected chi connectivity index (χ4v) is 2.40. The highest BCUT2D eigenvalue weighted by molar-refractivity contribution is 5.95. The molecule has 1 aliphatic rings. The fraction of sp³-hybridized carbons (Fsp3) is 0.500. The fourth-order valence-electron chi connectivity index (χ4n) is 2.40. The van der Waals surface area contributed by atoms with Crippen LogP contribution in [0.5, 0.6) is 11.5 Å². The van der Waals surface area contributed by atoms with Crippen molar-refractivity contribution in [2.24, 2.45) is 0 Å². The van der Waals surface area contributed by atoms with E-state index in [4.69, 9.17) is 0 Å². The van der Waals surface area contributed by atoms with Gasteiger partial charge in [-0.3, -0.25) is 4.79 Å². The number of rotatable bonds is 1. The van der Waals surface area contributed by atoms with E-state index < -0.39 is 0 Å². The van der Waals surface area contributed by atoms with Gasteiger partial charge in [0, 0.05) is 18.2 Å². The summed E-state index contributed by atoms with van der Waals surface area (Å²) in [4.78, 5) is 14.2. The Kier molecular flexibility index (Phi) is 3.75. The zero-order valence-electron chi connectivity index (χ0n) is 10.6. The van der Waals surface area contributed by atoms with Crippen LogP contribution >= 0.6 is 0 Å². The maximum atomic E-state index is 12.4. The molecule has 1 fully saturated rings. The highest BCUT2D eigenvalue weighted by Gasteiger charge is 2.23. The van der Waals surface area contributed by atoms with Crippen LogP contribution in [0.4, 0.5) is 0 Å². The number of hydrogen-bond donors (Lipinski definition) is 2. The van der Waals surface area contributed by atoms with Crippen LogP contribution in [0.15, 0.2) is 18.2 Å². The van der Waals surface area contributed by atoms with Gasteiger partial charge < -0.3 is 15.1 Å². The molecule has 1 saturated heterocycles. The molecule has 4 heteroatoms. The maximum absolute atomic E-state index is 12.4. The van der Waals surface area contributed by atoms with Crippen molar-refractivity contribution >= 4 is 5.91 Å². The van der Waals surface area contributed by atoms with E-state index in [0.717, 1.165) is 32.2 Å². The number of carbonyl (C=O) groups excluding carboxylic acids is 1. The van der Waals surface area contributed by atoms with Crippen molar-refractivity contribution in [3.63, 3.8) is 0 Å². The highest BCUT2D eigenvalue weighted by Crippen LogP contribution is 2.26. The van der Waals surface area contributed by atoms with Gasteiger partial charge in [0.1, 0.15) is 0 Å². The molecule has 1 heterocycles. The predicted molar refractivity (Wildman–Crippen MR) is 68.7 cm³/mol. The number of phenols is 2. The Hall–Kier alpha value is -1.71. The van der Waals surface area contributed by atoms with Gasteiger partial charge in [0.15, 0.2) is 11.5 Å². The summed E-state index contributed by atoms with van der Waals surface area (Å²) in [6.07, 6.45) is 4.37. The van der Waals surface area contributed by atoms with Crippen molar-refractivity contribution < 1.29 is 15.0 Å². The highest BCUT2D eigenvalue weighted by atomic mass is 16.3. The summed E-state index contributed by atoms with van der Waals surface area (Å²) in [5.41, 5.74) is 0.430. The third kappa shape index (κ3) is 2.58. The molecule has 2 rings (SSSR count). The van der Waals surface area contributed by atoms with Gasteiger partial charge in [-0.2, -0.15) is 0 Å². The second-order valence-electron chi connectivity index (χ2n) is 4.90. The number of benzene rings is 1. The lowest BCUT2D eigenvalue weighted by Crippen LogP contribution is -2.38. The van der Waals surface area contributed by atoms with Gasteiger partial charge >= 0.3 is 0 Å². The lowest BCUT2D eigenvalue weighted by Gasteiger charge is -2.27. The quantitative estimate of drug-likeness (QED) is 0.752. The van der Waals surface area contributed by atoms with Crippen LogP contribution in [0, 0.1) is 0 Å². The lowest BCUT2D eigenvalue weighted by atomic mass is 10.1. The van der Waals surface area contributed by atoms with E-state index in [-0.39, 0.29) is 23.4 Å². The van der Waals surface area contributed by atoms with E-state index in [9.17, 15) is 15.0 Å². The number of aromatic hydroxyl groups is 2. The monoisotopic (exact) mass is 249 g/mol. The van der Waals surface area contributed by atoms with Crippen LogP contribution in [-0.4, -0.2) is 33.6 Å². The number of likely N-dealkylation sites (tertiary alicyclic amines) is 1. The first kappa shape index (κ1) is 12.7. The standard InChI is InChI=1S/C14H19NO3/c1-10-5-3-2-4-8-15(10)14(18)11-6-7-12(16)13(17)9-11/h6-7,9-10,16-17H,2-5,8H2,1H3. The van der Waals surface area contributed by atoms with Crippen molar-refractivity contribution in [3.8, 4) is 11.5 Å². The van der Waals surface area contributed by atoms with Gasteiger partial charge in [-0.25, -0.2) is 0 Å². The van der Waals surface area contributed by atoms with Crippen LogP contribution in [0.25, 0.3) is 0 Å². The molecular formula is C14H19NO3. The summed E-state index contributed by atoms with van der Waals surface area (Å²) in [5, 5.41) is 18.7. The van der Waals surface area contributed by atoms with Gasteiger partial charge in [0.25, 0.3) is 5.91 Å². The molecule has 0 spiro atoms. The minimum Gasteiger partial charge on any atom is -0.504 e. The van der Waals surface area contributed by atoms with E-state index in [1.54, 1.807) is 6.07 Å². The topological polar surface area (TPSA) is 60.8 Å². The Morgan fingerprint density at radius 2 is 2.00 bits per heavy atom. The Balaban J connectivity index is 2.21. The van der Waals surface area contributed by atoms with Gasteiger partial charge in [0.05, 0.1) is 0 Å². The molecule has 4 nitrogen and oxygen atoms in total. The molecule has 0 aliphatic carbocycles. The summed E-state index contributed by atoms with van der Waals surface area (Å²) in [5.74, 6) is -0.515. The SMILES string of the molecule is CC1CCCCCN1C(=O)c1ccc(O)c(O)c1. The third-order valence-electron chi connectivity index (χ3n) is 3.54. The zero-order chi connectivity index (χ0) is 13.1. The average Bonchev–Trinajstić information content (AvgIpc) is 2.56. The molecule has 1 atom stereocenters. The molecule has 1 aliphatic heterocycles. The normalized spacial score (nSPS) is 20.5. The number of hydrogen-bond acceptors (Lipinski definition) is 3. The molecule has 1 aromatic carbocycles. The van der Waals surface area contributed by atoms with Crippen molar-refractivity contribution in [2.45, 2.75) is 38.6 Å². The van der Waals surface area contributed by atoms with Crippen LogP contribution in [0.3, 0.4) is 0 Å². The van der Waals surface area contributed by atoms with Gasteiger partial charge in [-0.1, -0.05) is 12.8 Å². The van der Waals surface area contributed by atoms with E-state index in [1.807, 2.05) is 4.90 Å². The van der Waals surface area contributed by atoms with E-state index >= 15 is 0 Å². The van der Waals surface area contributed by atoms with Gasteiger partial charge in [-0.15, -0.1) is 0 Å². The number of nitrogens with zero attached hydrogens (tertiary/aromatic N) is 1. The number of amides is 1. The van der Waals surface area contributed by atoms with E-state index in [1.165, 1.54) is 12.1 Å². The van der Waals surface area contributed by atoms with Crippen LogP contribution < -0.4 is 0 Å². The first-order valence-corrected chi connectivity index (χ1v) is 6.42. The minimum atomic E-state index is -0.247. The molecule has 1 aromatic rings. The molecule has 1 unspecified atom stereocenters. The molecule has 0 aromatic heterocycles. The smallest absolute Gasteiger partial charge is 0.254 e. The molecule has 2 N–H and O–H groups in total. The Morgan fingerprint density at radius 3 is 2.72 bits per heavy atom. The van der Waals surface area contributed by atoms with Crippen molar-refractivity contribution in [1.82, 2.24) is 4.90 Å². The van der Waals surface area contributed by atoms with Gasteiger partial charge in [0.2, 0.25) is 0 Å². The predicted octanol–water partition coefficient (Wildman–Crippen LogP) is 2.50. The van der Waals surface area contributed by atoms with E-state index in [2.05, 4.69) is 6.92 Å². The van der Waals surface area contributed by atoms with Crippen molar-refractivity contribution in [1.29, 1.82) is 0 Å². The molecule has 98 valence electrons. The molecule has 0 saturated carbocycles. The molecule has 1 amide bonds. The van der Waals surface area contributed by atoms with Crippen LogP contribution in [-0.2, 0) is 0 Å². The average molecular weight is 249 g/mol. The Morgan fingerprint density at radius 1 is 1.22 bits per heavy atom. The second kappa shape index (κ2) is 5.29. The summed E-state index contributed by atoms with van der Waals surface area (Å²) < 4.78 is 0. The van der Waals surface area contributed by atoms with Crippen molar-refractivity contribution in [2.75, 3.05) is 6.54 Å². The first-order valence-electron chi connectivity index (χ1n) is 6.42. The molecule has 0 bridgehead atoms. The first-order chi connectivity index (χ1) is 8.59. The molecule has 18 heavy (non-hydrogen) atoms. The lowest BCUT2D eigenvalue weighted by molar-refractivity contribution is 0.0697. The number of phenolic OH excluding ortho intramolecular Hbond substituents is 2. The van der Waals surface area contributed by atoms with Crippen molar-refractivity contribution in [3.05, 3.63) is 23.8 Å². The summed E-state index contributed by atoms with van der Waals surface area (Å²) in [6, 6.07) is 4.46. The Bertz CT molecular complexity index is 445. The summed E-state index contributed by atoms with van der Waals surface area (Å²) in [6.45, 7) is 2.82. The summed E-state index contributed by atoms with van der Waals surface area (Å²) >= 11 is 0. The molecule has 0 radical (unpaired) electrons.